The molecule has 146 valence electrons. The Bertz CT molecular complexity index is 1240. The molecule has 0 fully saturated rings. The average molecular weight is 404 g/mol. The van der Waals surface area contributed by atoms with E-state index in [4.69, 9.17) is 14.7 Å². The van der Waals surface area contributed by atoms with Crippen LogP contribution in [-0.2, 0) is 0 Å². The van der Waals surface area contributed by atoms with Gasteiger partial charge in [0.1, 0.15) is 5.52 Å². The Hall–Kier alpha value is -3.52. The van der Waals surface area contributed by atoms with Crippen molar-refractivity contribution in [3.05, 3.63) is 66.2 Å². The third-order valence-corrected chi connectivity index (χ3v) is 5.09. The molecule has 0 unspecified atom stereocenters. The number of allylic oxidation sites excluding steroid dienone is 3. The number of rotatable bonds is 7. The number of para-hydroxylation sites is 2. The number of ether oxygens (including phenoxy) is 1. The molecule has 3 aromatic heterocycles. The summed E-state index contributed by atoms with van der Waals surface area (Å²) in [4.78, 5) is 19.2. The van der Waals surface area contributed by atoms with E-state index in [0.717, 1.165) is 27.0 Å². The number of thiazole rings is 1. The van der Waals surface area contributed by atoms with Gasteiger partial charge >= 0.3 is 6.01 Å². The van der Waals surface area contributed by atoms with Crippen molar-refractivity contribution < 1.29 is 4.74 Å². The molecule has 8 heteroatoms. The monoisotopic (exact) mass is 404 g/mol. The standard InChI is InChI=1S/C21H20N6OS/c1-4-6-9-14(5-2)12-22-18-17-19(29-13-23-17)26-20(25-18)27-16-11-8-7-10-15(16)24-21(27)28-3/h4-11,13H,1,12H2,2-3H3,(H,22,25,26)/b9-6-,14-5+. The van der Waals surface area contributed by atoms with E-state index in [1.54, 1.807) is 18.7 Å². The summed E-state index contributed by atoms with van der Waals surface area (Å²) in [6.07, 6.45) is 7.71. The molecule has 1 N–H and O–H groups in total. The predicted molar refractivity (Wildman–Crippen MR) is 118 cm³/mol. The summed E-state index contributed by atoms with van der Waals surface area (Å²) in [5, 5.41) is 3.39. The summed E-state index contributed by atoms with van der Waals surface area (Å²) >= 11 is 1.47. The molecule has 0 radical (unpaired) electrons. The van der Waals surface area contributed by atoms with E-state index in [1.165, 1.54) is 11.3 Å². The molecule has 7 nitrogen and oxygen atoms in total. The number of hydrogen-bond donors (Lipinski definition) is 1. The van der Waals surface area contributed by atoms with Gasteiger partial charge in [0.25, 0.3) is 0 Å². The predicted octanol–water partition coefficient (Wildman–Crippen LogP) is 4.53. The van der Waals surface area contributed by atoms with Gasteiger partial charge in [-0.15, -0.1) is 11.3 Å². The zero-order valence-electron chi connectivity index (χ0n) is 16.2. The Labute approximate surface area is 172 Å². The highest BCUT2D eigenvalue weighted by atomic mass is 32.1. The number of methoxy groups -OCH3 is 1. The topological polar surface area (TPSA) is 77.8 Å². The van der Waals surface area contributed by atoms with Crippen molar-refractivity contribution in [3.8, 4) is 12.0 Å². The minimum Gasteiger partial charge on any atom is -0.468 e. The van der Waals surface area contributed by atoms with E-state index >= 15 is 0 Å². The van der Waals surface area contributed by atoms with Gasteiger partial charge in [0.15, 0.2) is 10.6 Å². The summed E-state index contributed by atoms with van der Waals surface area (Å²) in [5.74, 6) is 1.15. The number of fused-ring (bicyclic) bond motifs is 2. The number of aromatic nitrogens is 5. The molecule has 1 aromatic carbocycles. The van der Waals surface area contributed by atoms with Gasteiger partial charge < -0.3 is 10.1 Å². The highest BCUT2D eigenvalue weighted by Gasteiger charge is 2.18. The van der Waals surface area contributed by atoms with Crippen molar-refractivity contribution in [2.75, 3.05) is 19.0 Å². The van der Waals surface area contributed by atoms with Gasteiger partial charge in [-0.2, -0.15) is 15.0 Å². The van der Waals surface area contributed by atoms with Crippen molar-refractivity contribution in [2.24, 2.45) is 0 Å². The van der Waals surface area contributed by atoms with Crippen LogP contribution < -0.4 is 10.1 Å². The van der Waals surface area contributed by atoms with E-state index in [2.05, 4.69) is 21.9 Å². The number of nitrogens with one attached hydrogen (secondary N) is 1. The van der Waals surface area contributed by atoms with Crippen molar-refractivity contribution in [1.82, 2.24) is 24.5 Å². The van der Waals surface area contributed by atoms with E-state index in [1.807, 2.05) is 54.0 Å². The fourth-order valence-electron chi connectivity index (χ4n) is 2.94. The largest absolute Gasteiger partial charge is 0.468 e. The quantitative estimate of drug-likeness (QED) is 0.456. The molecule has 0 atom stereocenters. The van der Waals surface area contributed by atoms with Crippen LogP contribution in [0.15, 0.2) is 66.2 Å². The first-order chi connectivity index (χ1) is 14.2. The average Bonchev–Trinajstić information content (AvgIpc) is 3.37. The molecule has 0 aliphatic carbocycles. The maximum absolute atomic E-state index is 5.49. The molecule has 0 aliphatic rings. The minimum absolute atomic E-state index is 0.434. The molecule has 0 spiro atoms. The molecule has 0 amide bonds. The van der Waals surface area contributed by atoms with Crippen LogP contribution >= 0.6 is 11.3 Å². The van der Waals surface area contributed by atoms with E-state index in [0.29, 0.717) is 24.3 Å². The van der Waals surface area contributed by atoms with Crippen LogP contribution in [0.25, 0.3) is 27.3 Å². The SMILES string of the molecule is C=C/C=C\C(=C/C)CNc1nc(-n2c(OC)nc3ccccc32)nc2scnc12. The number of imidazole rings is 1. The van der Waals surface area contributed by atoms with Crippen molar-refractivity contribution in [2.45, 2.75) is 6.92 Å². The maximum atomic E-state index is 5.49. The van der Waals surface area contributed by atoms with Gasteiger partial charge in [-0.05, 0) is 24.6 Å². The first-order valence-electron chi connectivity index (χ1n) is 9.06. The molecule has 0 saturated heterocycles. The van der Waals surface area contributed by atoms with Crippen LogP contribution in [0.2, 0.25) is 0 Å². The Morgan fingerprint density at radius 2 is 2.14 bits per heavy atom. The highest BCUT2D eigenvalue weighted by molar-refractivity contribution is 7.16. The number of nitrogens with zero attached hydrogens (tertiary/aromatic N) is 5. The fraction of sp³-hybridized carbons (Fsp3) is 0.143. The maximum Gasteiger partial charge on any atom is 0.304 e. The Kier molecular flexibility index (Phi) is 5.35. The summed E-state index contributed by atoms with van der Waals surface area (Å²) in [6.45, 7) is 6.32. The Balaban J connectivity index is 1.80. The summed E-state index contributed by atoms with van der Waals surface area (Å²) < 4.78 is 7.30. The van der Waals surface area contributed by atoms with Gasteiger partial charge in [0.2, 0.25) is 5.95 Å². The van der Waals surface area contributed by atoms with Gasteiger partial charge in [-0.25, -0.2) is 9.55 Å². The van der Waals surface area contributed by atoms with Crippen LogP contribution in [0.4, 0.5) is 5.82 Å². The molecule has 3 heterocycles. The second kappa shape index (κ2) is 8.24. The lowest BCUT2D eigenvalue weighted by atomic mass is 10.2. The summed E-state index contributed by atoms with van der Waals surface area (Å²) in [7, 11) is 1.59. The summed E-state index contributed by atoms with van der Waals surface area (Å²) in [5.41, 5.74) is 5.32. The second-order valence-corrected chi connectivity index (χ2v) is 6.95. The van der Waals surface area contributed by atoms with E-state index in [-0.39, 0.29) is 0 Å². The van der Waals surface area contributed by atoms with Crippen LogP contribution in [0.3, 0.4) is 0 Å². The Morgan fingerprint density at radius 3 is 2.93 bits per heavy atom. The van der Waals surface area contributed by atoms with Gasteiger partial charge in [-0.1, -0.05) is 43.0 Å². The van der Waals surface area contributed by atoms with Crippen LogP contribution in [-0.4, -0.2) is 38.2 Å². The van der Waals surface area contributed by atoms with Gasteiger partial charge in [0, 0.05) is 6.54 Å². The van der Waals surface area contributed by atoms with Crippen LogP contribution in [0.1, 0.15) is 6.92 Å². The molecule has 4 rings (SSSR count). The molecular weight excluding hydrogens is 384 g/mol. The number of hydrogen-bond acceptors (Lipinski definition) is 7. The number of anilines is 1. The lowest BCUT2D eigenvalue weighted by Gasteiger charge is -2.10. The lowest BCUT2D eigenvalue weighted by molar-refractivity contribution is 0.374. The number of benzene rings is 1. The molecule has 0 aliphatic heterocycles. The summed E-state index contributed by atoms with van der Waals surface area (Å²) in [6, 6.07) is 8.23. The van der Waals surface area contributed by atoms with Gasteiger partial charge in [0.05, 0.1) is 23.7 Å². The zero-order valence-corrected chi connectivity index (χ0v) is 17.0. The van der Waals surface area contributed by atoms with Crippen LogP contribution in [0, 0.1) is 0 Å². The van der Waals surface area contributed by atoms with E-state index in [9.17, 15) is 0 Å². The molecule has 4 aromatic rings. The zero-order chi connectivity index (χ0) is 20.2. The minimum atomic E-state index is 0.434. The molecule has 0 saturated carbocycles. The third-order valence-electron chi connectivity index (χ3n) is 4.38. The van der Waals surface area contributed by atoms with Gasteiger partial charge in [-0.3, -0.25) is 0 Å². The normalized spacial score (nSPS) is 12.1. The molecule has 29 heavy (non-hydrogen) atoms. The highest BCUT2D eigenvalue weighted by Crippen LogP contribution is 2.28. The van der Waals surface area contributed by atoms with Crippen molar-refractivity contribution in [1.29, 1.82) is 0 Å². The molecule has 0 bridgehead atoms. The smallest absolute Gasteiger partial charge is 0.304 e. The Morgan fingerprint density at radius 1 is 1.28 bits per heavy atom. The first-order valence-corrected chi connectivity index (χ1v) is 9.94. The van der Waals surface area contributed by atoms with Crippen molar-refractivity contribution in [3.63, 3.8) is 0 Å². The first kappa shape index (κ1) is 18.8. The van der Waals surface area contributed by atoms with E-state index < -0.39 is 0 Å². The third kappa shape index (κ3) is 3.62. The fourth-order valence-corrected chi connectivity index (χ4v) is 3.60. The van der Waals surface area contributed by atoms with Crippen molar-refractivity contribution >= 4 is 38.5 Å². The molecular formula is C21H20N6OS. The second-order valence-electron chi connectivity index (χ2n) is 6.11. The lowest BCUT2D eigenvalue weighted by Crippen LogP contribution is -2.10. The van der Waals surface area contributed by atoms with Crippen LogP contribution in [0.5, 0.6) is 6.01 Å².